The van der Waals surface area contributed by atoms with E-state index >= 15 is 0 Å². The minimum Gasteiger partial charge on any atom is -0.465 e. The van der Waals surface area contributed by atoms with Crippen LogP contribution in [0, 0.1) is 5.82 Å². The number of hydrogen-bond acceptors (Lipinski definition) is 4. The van der Waals surface area contributed by atoms with E-state index < -0.39 is 11.8 Å². The van der Waals surface area contributed by atoms with Gasteiger partial charge in [-0.1, -0.05) is 11.2 Å². The number of esters is 1. The molecule has 0 aromatic heterocycles. The monoisotopic (exact) mass is 197 g/mol. The number of rotatable bonds is 2. The zero-order valence-corrected chi connectivity index (χ0v) is 7.40. The first kappa shape index (κ1) is 10.2. The molecule has 0 aliphatic heterocycles. The first-order chi connectivity index (χ1) is 6.69. The molecule has 5 heteroatoms. The van der Waals surface area contributed by atoms with E-state index in [0.717, 1.165) is 12.3 Å². The zero-order chi connectivity index (χ0) is 10.6. The summed E-state index contributed by atoms with van der Waals surface area (Å²) < 4.78 is 17.5. The van der Waals surface area contributed by atoms with Crippen LogP contribution >= 0.6 is 0 Å². The summed E-state index contributed by atoms with van der Waals surface area (Å²) >= 11 is 0. The van der Waals surface area contributed by atoms with Crippen molar-refractivity contribution < 1.29 is 19.1 Å². The normalized spacial score (nSPS) is 10.4. The first-order valence-corrected chi connectivity index (χ1v) is 3.74. The van der Waals surface area contributed by atoms with Crippen LogP contribution in [0.25, 0.3) is 0 Å². The lowest BCUT2D eigenvalue weighted by molar-refractivity contribution is 0.0595. The zero-order valence-electron chi connectivity index (χ0n) is 7.40. The molecule has 0 radical (unpaired) electrons. The summed E-state index contributed by atoms with van der Waals surface area (Å²) in [5.74, 6) is -1.45. The molecule has 0 bridgehead atoms. The van der Waals surface area contributed by atoms with E-state index in [0.29, 0.717) is 5.56 Å². The summed E-state index contributed by atoms with van der Waals surface area (Å²) in [6.45, 7) is 0. The largest absolute Gasteiger partial charge is 0.465 e. The summed E-state index contributed by atoms with van der Waals surface area (Å²) in [4.78, 5) is 11.0. The maximum Gasteiger partial charge on any atom is 0.340 e. The van der Waals surface area contributed by atoms with E-state index in [1.807, 2.05) is 0 Å². The molecular weight excluding hydrogens is 189 g/mol. The topological polar surface area (TPSA) is 58.9 Å². The third-order valence-electron chi connectivity index (χ3n) is 1.61. The molecule has 0 spiro atoms. The molecule has 1 rings (SSSR count). The Labute approximate surface area is 79.6 Å². The Morgan fingerprint density at radius 2 is 2.36 bits per heavy atom. The van der Waals surface area contributed by atoms with Crippen molar-refractivity contribution in [3.63, 3.8) is 0 Å². The smallest absolute Gasteiger partial charge is 0.340 e. The molecule has 4 nitrogen and oxygen atoms in total. The molecule has 1 aromatic carbocycles. The second-order valence-electron chi connectivity index (χ2n) is 2.48. The molecule has 0 unspecified atom stereocenters. The van der Waals surface area contributed by atoms with Crippen LogP contribution in [-0.2, 0) is 4.74 Å². The van der Waals surface area contributed by atoms with Crippen molar-refractivity contribution in [1.29, 1.82) is 0 Å². The fraction of sp³-hybridized carbons (Fsp3) is 0.111. The van der Waals surface area contributed by atoms with Gasteiger partial charge in [-0.2, -0.15) is 0 Å². The Bertz CT molecular complexity index is 376. The van der Waals surface area contributed by atoms with Gasteiger partial charge in [-0.15, -0.1) is 0 Å². The van der Waals surface area contributed by atoms with E-state index in [1.54, 1.807) is 0 Å². The number of hydrogen-bond donors (Lipinski definition) is 1. The van der Waals surface area contributed by atoms with Gasteiger partial charge in [0, 0.05) is 0 Å². The maximum atomic E-state index is 13.2. The van der Waals surface area contributed by atoms with Gasteiger partial charge in [-0.25, -0.2) is 9.18 Å². The summed E-state index contributed by atoms with van der Waals surface area (Å²) in [5.41, 5.74) is 0.209. The van der Waals surface area contributed by atoms with Crippen molar-refractivity contribution in [2.24, 2.45) is 5.16 Å². The summed E-state index contributed by atoms with van der Waals surface area (Å²) in [7, 11) is 1.17. The SMILES string of the molecule is COC(=O)c1ccc(/C=N\O)cc1F. The van der Waals surface area contributed by atoms with Gasteiger partial charge in [0.1, 0.15) is 5.82 Å². The standard InChI is InChI=1S/C9H8FNO3/c1-14-9(12)7-3-2-6(5-11-13)4-8(7)10/h2-5,13H,1H3/b11-5-. The Hall–Kier alpha value is -1.91. The van der Waals surface area contributed by atoms with E-state index in [9.17, 15) is 9.18 Å². The Morgan fingerprint density at radius 1 is 1.64 bits per heavy atom. The van der Waals surface area contributed by atoms with E-state index in [1.165, 1.54) is 19.2 Å². The number of methoxy groups -OCH3 is 1. The second-order valence-corrected chi connectivity index (χ2v) is 2.48. The summed E-state index contributed by atoms with van der Waals surface area (Å²) in [6.07, 6.45) is 1.06. The summed E-state index contributed by atoms with van der Waals surface area (Å²) in [5, 5.41) is 10.9. The fourth-order valence-electron chi connectivity index (χ4n) is 0.954. The number of carbonyl (C=O) groups excluding carboxylic acids is 1. The highest BCUT2D eigenvalue weighted by atomic mass is 19.1. The molecule has 0 saturated carbocycles. The van der Waals surface area contributed by atoms with Gasteiger partial charge >= 0.3 is 5.97 Å². The lowest BCUT2D eigenvalue weighted by atomic mass is 10.1. The van der Waals surface area contributed by atoms with Crippen LogP contribution in [-0.4, -0.2) is 24.5 Å². The highest BCUT2D eigenvalue weighted by molar-refractivity contribution is 5.91. The highest BCUT2D eigenvalue weighted by Crippen LogP contribution is 2.10. The van der Waals surface area contributed by atoms with Crippen LogP contribution in [0.4, 0.5) is 4.39 Å². The molecule has 0 heterocycles. The minimum atomic E-state index is -0.741. The van der Waals surface area contributed by atoms with Crippen molar-refractivity contribution in [2.45, 2.75) is 0 Å². The number of benzene rings is 1. The van der Waals surface area contributed by atoms with Crippen molar-refractivity contribution in [1.82, 2.24) is 0 Å². The average molecular weight is 197 g/mol. The molecule has 0 saturated heterocycles. The Balaban J connectivity index is 3.07. The molecule has 74 valence electrons. The number of carbonyl (C=O) groups is 1. The quantitative estimate of drug-likeness (QED) is 0.337. The lowest BCUT2D eigenvalue weighted by Gasteiger charge is -2.00. The van der Waals surface area contributed by atoms with E-state index in [4.69, 9.17) is 5.21 Å². The minimum absolute atomic E-state index is 0.150. The first-order valence-electron chi connectivity index (χ1n) is 3.74. The molecule has 0 fully saturated rings. The van der Waals surface area contributed by atoms with Crippen molar-refractivity contribution in [2.75, 3.05) is 7.11 Å². The number of halogens is 1. The Morgan fingerprint density at radius 3 is 2.86 bits per heavy atom. The van der Waals surface area contributed by atoms with Crippen LogP contribution in [0.3, 0.4) is 0 Å². The van der Waals surface area contributed by atoms with Gasteiger partial charge in [0.15, 0.2) is 0 Å². The van der Waals surface area contributed by atoms with Gasteiger partial charge in [0.25, 0.3) is 0 Å². The number of oxime groups is 1. The van der Waals surface area contributed by atoms with E-state index in [2.05, 4.69) is 9.89 Å². The number of nitrogens with zero attached hydrogens (tertiary/aromatic N) is 1. The van der Waals surface area contributed by atoms with Crippen LogP contribution in [0.1, 0.15) is 15.9 Å². The van der Waals surface area contributed by atoms with Crippen molar-refractivity contribution in [3.05, 3.63) is 35.1 Å². The molecule has 1 aromatic rings. The van der Waals surface area contributed by atoms with Gasteiger partial charge in [-0.05, 0) is 17.7 Å². The van der Waals surface area contributed by atoms with Crippen molar-refractivity contribution in [3.8, 4) is 0 Å². The molecule has 14 heavy (non-hydrogen) atoms. The second kappa shape index (κ2) is 4.36. The average Bonchev–Trinajstić information content (AvgIpc) is 2.17. The fourth-order valence-corrected chi connectivity index (χ4v) is 0.954. The highest BCUT2D eigenvalue weighted by Gasteiger charge is 2.11. The predicted octanol–water partition coefficient (Wildman–Crippen LogP) is 1.42. The molecular formula is C9H8FNO3. The van der Waals surface area contributed by atoms with E-state index in [-0.39, 0.29) is 5.56 Å². The molecule has 0 amide bonds. The van der Waals surface area contributed by atoms with Crippen LogP contribution < -0.4 is 0 Å². The van der Waals surface area contributed by atoms with Gasteiger partial charge in [-0.3, -0.25) is 0 Å². The molecule has 0 aliphatic rings. The third-order valence-corrected chi connectivity index (χ3v) is 1.61. The Kier molecular flexibility index (Phi) is 3.17. The third kappa shape index (κ3) is 2.07. The molecule has 0 aliphatic carbocycles. The van der Waals surface area contributed by atoms with Crippen LogP contribution in [0.15, 0.2) is 23.4 Å². The number of ether oxygens (including phenoxy) is 1. The maximum absolute atomic E-state index is 13.2. The van der Waals surface area contributed by atoms with Crippen LogP contribution in [0.5, 0.6) is 0 Å². The van der Waals surface area contributed by atoms with Gasteiger partial charge < -0.3 is 9.94 Å². The van der Waals surface area contributed by atoms with Gasteiger partial charge in [0.05, 0.1) is 18.9 Å². The molecule has 1 N–H and O–H groups in total. The molecule has 0 atom stereocenters. The predicted molar refractivity (Wildman–Crippen MR) is 47.1 cm³/mol. The van der Waals surface area contributed by atoms with Gasteiger partial charge in [0.2, 0.25) is 0 Å². The van der Waals surface area contributed by atoms with Crippen LogP contribution in [0.2, 0.25) is 0 Å². The van der Waals surface area contributed by atoms with Crippen molar-refractivity contribution >= 4 is 12.2 Å². The lowest BCUT2D eigenvalue weighted by Crippen LogP contribution is -2.04. The summed E-state index contributed by atoms with van der Waals surface area (Å²) in [6, 6.07) is 3.78.